The van der Waals surface area contributed by atoms with Gasteiger partial charge in [-0.1, -0.05) is 35.9 Å². The van der Waals surface area contributed by atoms with Crippen LogP contribution in [0.15, 0.2) is 54.7 Å². The highest BCUT2D eigenvalue weighted by molar-refractivity contribution is 6.32. The van der Waals surface area contributed by atoms with Crippen molar-refractivity contribution in [3.63, 3.8) is 0 Å². The molecule has 4 rings (SSSR count). The summed E-state index contributed by atoms with van der Waals surface area (Å²) < 4.78 is 11.0. The molecule has 1 N–H and O–H groups in total. The van der Waals surface area contributed by atoms with Gasteiger partial charge in [0.15, 0.2) is 11.5 Å². The number of pyridine rings is 1. The van der Waals surface area contributed by atoms with E-state index in [1.807, 2.05) is 12.1 Å². The monoisotopic (exact) mass is 430 g/mol. The average Bonchev–Trinajstić information content (AvgIpc) is 2.74. The van der Waals surface area contributed by atoms with Gasteiger partial charge >= 0.3 is 0 Å². The molecule has 0 saturated heterocycles. The van der Waals surface area contributed by atoms with Crippen LogP contribution in [0.1, 0.15) is 22.7 Å². The third-order valence-electron chi connectivity index (χ3n) is 5.27. The van der Waals surface area contributed by atoms with E-state index in [9.17, 15) is 0 Å². The number of ether oxygens (including phenoxy) is 2. The number of hydrogen-bond acceptors (Lipinski definition) is 4. The predicted octanol–water partition coefficient (Wildman–Crippen LogP) is 5.27. The van der Waals surface area contributed by atoms with Gasteiger partial charge in [0.2, 0.25) is 0 Å². The normalized spacial score (nSPS) is 15.2. The van der Waals surface area contributed by atoms with Gasteiger partial charge in [0, 0.05) is 17.8 Å². The van der Waals surface area contributed by atoms with Crippen LogP contribution in [0, 0.1) is 0 Å². The van der Waals surface area contributed by atoms with E-state index in [1.165, 1.54) is 16.7 Å². The molecule has 0 saturated carbocycles. The summed E-state index contributed by atoms with van der Waals surface area (Å²) >= 11 is 6.22. The SMILES string of the molecule is COc1cc2c(cc1OC)C(Cc1ccc(-c3cccnc3Cl)cc1)NCC2.Cl. The Labute approximate surface area is 182 Å². The van der Waals surface area contributed by atoms with Crippen molar-refractivity contribution in [3.8, 4) is 22.6 Å². The van der Waals surface area contributed by atoms with Crippen molar-refractivity contribution >= 4 is 24.0 Å². The van der Waals surface area contributed by atoms with Crippen LogP contribution < -0.4 is 14.8 Å². The maximum Gasteiger partial charge on any atom is 0.161 e. The van der Waals surface area contributed by atoms with Crippen molar-refractivity contribution in [1.82, 2.24) is 10.3 Å². The molecule has 1 unspecified atom stereocenters. The Balaban J connectivity index is 0.00000240. The second-order valence-corrected chi connectivity index (χ2v) is 7.26. The van der Waals surface area contributed by atoms with E-state index in [0.717, 1.165) is 42.0 Å². The number of halogens is 2. The zero-order valence-electron chi connectivity index (χ0n) is 16.4. The molecule has 29 heavy (non-hydrogen) atoms. The third-order valence-corrected chi connectivity index (χ3v) is 5.57. The number of fused-ring (bicyclic) bond motifs is 1. The molecule has 0 radical (unpaired) electrons. The number of aromatic nitrogens is 1. The molecule has 6 heteroatoms. The second kappa shape index (κ2) is 9.49. The van der Waals surface area contributed by atoms with Crippen LogP contribution in [0.2, 0.25) is 5.15 Å². The second-order valence-electron chi connectivity index (χ2n) is 6.91. The van der Waals surface area contributed by atoms with Crippen molar-refractivity contribution in [1.29, 1.82) is 0 Å². The lowest BCUT2D eigenvalue weighted by molar-refractivity contribution is 0.352. The summed E-state index contributed by atoms with van der Waals surface area (Å²) in [5.41, 5.74) is 5.89. The molecule has 0 spiro atoms. The zero-order chi connectivity index (χ0) is 19.5. The number of nitrogens with zero attached hydrogens (tertiary/aromatic N) is 1. The smallest absolute Gasteiger partial charge is 0.161 e. The largest absolute Gasteiger partial charge is 0.493 e. The fourth-order valence-electron chi connectivity index (χ4n) is 3.81. The van der Waals surface area contributed by atoms with E-state index in [1.54, 1.807) is 20.4 Å². The number of nitrogens with one attached hydrogen (secondary N) is 1. The van der Waals surface area contributed by atoms with E-state index in [-0.39, 0.29) is 18.4 Å². The minimum Gasteiger partial charge on any atom is -0.493 e. The summed E-state index contributed by atoms with van der Waals surface area (Å²) in [5.74, 6) is 1.57. The number of rotatable bonds is 5. The number of benzene rings is 2. The average molecular weight is 431 g/mol. The Morgan fingerprint density at radius 1 is 1.07 bits per heavy atom. The Hall–Kier alpha value is -2.27. The molecular weight excluding hydrogens is 407 g/mol. The minimum atomic E-state index is 0. The summed E-state index contributed by atoms with van der Waals surface area (Å²) in [6, 6.07) is 16.9. The van der Waals surface area contributed by atoms with Crippen LogP contribution in [-0.2, 0) is 12.8 Å². The lowest BCUT2D eigenvalue weighted by atomic mass is 9.89. The van der Waals surface area contributed by atoms with E-state index < -0.39 is 0 Å². The van der Waals surface area contributed by atoms with Crippen LogP contribution in [-0.4, -0.2) is 25.7 Å². The molecule has 0 fully saturated rings. The molecule has 3 aromatic rings. The first-order chi connectivity index (χ1) is 13.7. The summed E-state index contributed by atoms with van der Waals surface area (Å²) in [6.07, 6.45) is 3.60. The molecule has 2 heterocycles. The lowest BCUT2D eigenvalue weighted by Crippen LogP contribution is -2.31. The van der Waals surface area contributed by atoms with Gasteiger partial charge < -0.3 is 14.8 Å². The number of hydrogen-bond donors (Lipinski definition) is 1. The van der Waals surface area contributed by atoms with Gasteiger partial charge in [-0.25, -0.2) is 4.98 Å². The van der Waals surface area contributed by atoms with E-state index >= 15 is 0 Å². The van der Waals surface area contributed by atoms with Crippen molar-refractivity contribution in [2.75, 3.05) is 20.8 Å². The first kappa shape index (κ1) is 21.4. The van der Waals surface area contributed by atoms with Crippen molar-refractivity contribution in [3.05, 3.63) is 76.6 Å². The molecule has 1 aromatic heterocycles. The van der Waals surface area contributed by atoms with Gasteiger partial charge in [0.05, 0.1) is 14.2 Å². The van der Waals surface area contributed by atoms with Gasteiger partial charge in [-0.05, 0) is 65.9 Å². The molecule has 1 atom stereocenters. The molecule has 1 aliphatic rings. The zero-order valence-corrected chi connectivity index (χ0v) is 18.0. The van der Waals surface area contributed by atoms with Gasteiger partial charge in [-0.2, -0.15) is 0 Å². The maximum absolute atomic E-state index is 6.22. The highest BCUT2D eigenvalue weighted by atomic mass is 35.5. The van der Waals surface area contributed by atoms with Crippen LogP contribution in [0.5, 0.6) is 11.5 Å². The quantitative estimate of drug-likeness (QED) is 0.559. The van der Waals surface area contributed by atoms with E-state index in [0.29, 0.717) is 5.15 Å². The molecule has 1 aliphatic heterocycles. The van der Waals surface area contributed by atoms with Gasteiger partial charge in [-0.15, -0.1) is 12.4 Å². The number of methoxy groups -OCH3 is 2. The van der Waals surface area contributed by atoms with E-state index in [4.69, 9.17) is 21.1 Å². The Bertz CT molecular complexity index is 977. The highest BCUT2D eigenvalue weighted by Gasteiger charge is 2.23. The first-order valence-electron chi connectivity index (χ1n) is 9.37. The van der Waals surface area contributed by atoms with Crippen LogP contribution in [0.3, 0.4) is 0 Å². The Kier molecular flexibility index (Phi) is 7.01. The third kappa shape index (κ3) is 4.50. The maximum atomic E-state index is 6.22. The van der Waals surface area contributed by atoms with Crippen LogP contribution in [0.25, 0.3) is 11.1 Å². The standard InChI is InChI=1S/C23H23ClN2O2.ClH/c1-27-21-13-17-9-11-25-20(19(17)14-22(21)28-2)12-15-5-7-16(8-6-15)18-4-3-10-26-23(18)24;/h3-8,10,13-14,20,25H,9,11-12H2,1-2H3;1H. The Morgan fingerprint density at radius 2 is 1.79 bits per heavy atom. The molecule has 4 nitrogen and oxygen atoms in total. The molecule has 0 aliphatic carbocycles. The van der Waals surface area contributed by atoms with Gasteiger partial charge in [-0.3, -0.25) is 0 Å². The summed E-state index contributed by atoms with van der Waals surface area (Å²) in [7, 11) is 3.36. The topological polar surface area (TPSA) is 43.4 Å². The van der Waals surface area contributed by atoms with Crippen LogP contribution in [0.4, 0.5) is 0 Å². The molecule has 0 bridgehead atoms. The fourth-order valence-corrected chi connectivity index (χ4v) is 4.04. The molecule has 0 amide bonds. The molecule has 152 valence electrons. The summed E-state index contributed by atoms with van der Waals surface area (Å²) in [4.78, 5) is 4.16. The predicted molar refractivity (Wildman–Crippen MR) is 120 cm³/mol. The van der Waals surface area contributed by atoms with Gasteiger partial charge in [0.1, 0.15) is 5.15 Å². The first-order valence-corrected chi connectivity index (χ1v) is 9.75. The summed E-state index contributed by atoms with van der Waals surface area (Å²) in [6.45, 7) is 0.955. The van der Waals surface area contributed by atoms with E-state index in [2.05, 4.69) is 46.7 Å². The molecule has 2 aromatic carbocycles. The van der Waals surface area contributed by atoms with Crippen LogP contribution >= 0.6 is 24.0 Å². The van der Waals surface area contributed by atoms with Crippen molar-refractivity contribution < 1.29 is 9.47 Å². The lowest BCUT2D eigenvalue weighted by Gasteiger charge is -2.28. The Morgan fingerprint density at radius 3 is 2.48 bits per heavy atom. The van der Waals surface area contributed by atoms with Crippen molar-refractivity contribution in [2.24, 2.45) is 0 Å². The summed E-state index contributed by atoms with van der Waals surface area (Å²) in [5, 5.41) is 4.17. The highest BCUT2D eigenvalue weighted by Crippen LogP contribution is 2.36. The molecular formula is C23H24Cl2N2O2. The minimum absolute atomic E-state index is 0. The van der Waals surface area contributed by atoms with Gasteiger partial charge in [0.25, 0.3) is 0 Å². The fraction of sp³-hybridized carbons (Fsp3) is 0.261. The van der Waals surface area contributed by atoms with Crippen molar-refractivity contribution in [2.45, 2.75) is 18.9 Å².